The highest BCUT2D eigenvalue weighted by molar-refractivity contribution is 5.78. The first kappa shape index (κ1) is 19.3. The number of piperidine rings is 1. The van der Waals surface area contributed by atoms with Gasteiger partial charge in [0.25, 0.3) is 0 Å². The molecular formula is C18H22F3NO3. The van der Waals surface area contributed by atoms with Crippen LogP contribution in [0, 0.1) is 0 Å². The molecule has 0 radical (unpaired) electrons. The molecule has 0 aromatic heterocycles. The number of likely N-dealkylation sites (tertiary alicyclic amines) is 1. The number of halogens is 3. The Labute approximate surface area is 144 Å². The largest absolute Gasteiger partial charge is 0.481 e. The van der Waals surface area contributed by atoms with Gasteiger partial charge in [-0.15, -0.1) is 0 Å². The molecule has 2 unspecified atom stereocenters. The minimum absolute atomic E-state index is 0.0717. The Kier molecular flexibility index (Phi) is 6.45. The summed E-state index contributed by atoms with van der Waals surface area (Å²) in [7, 11) is 0. The highest BCUT2D eigenvalue weighted by Crippen LogP contribution is 2.38. The van der Waals surface area contributed by atoms with Crippen LogP contribution in [0.2, 0.25) is 0 Å². The van der Waals surface area contributed by atoms with Gasteiger partial charge in [-0.2, -0.15) is 13.2 Å². The standard InChI is InChI=1S/C18H22F3NO3/c19-18(20,21)15(13-6-2-1-3-7-13)12-16(23)22-11-5-4-8-14(22)9-10-17(24)25/h1-3,6-7,14-15H,4-5,8-12H2,(H,24,25). The summed E-state index contributed by atoms with van der Waals surface area (Å²) in [5.74, 6) is -3.36. The van der Waals surface area contributed by atoms with Crippen LogP contribution in [0.1, 0.15) is 50.0 Å². The molecule has 0 saturated carbocycles. The number of amides is 1. The molecule has 1 aromatic rings. The van der Waals surface area contributed by atoms with Crippen molar-refractivity contribution in [3.8, 4) is 0 Å². The van der Waals surface area contributed by atoms with Crippen LogP contribution in [-0.4, -0.2) is 40.6 Å². The van der Waals surface area contributed by atoms with Gasteiger partial charge in [0.1, 0.15) is 0 Å². The van der Waals surface area contributed by atoms with Crippen LogP contribution in [0.3, 0.4) is 0 Å². The van der Waals surface area contributed by atoms with Crippen molar-refractivity contribution in [2.45, 2.75) is 56.7 Å². The summed E-state index contributed by atoms with van der Waals surface area (Å²) in [5, 5.41) is 8.82. The van der Waals surface area contributed by atoms with E-state index in [0.29, 0.717) is 13.0 Å². The molecule has 1 saturated heterocycles. The average Bonchev–Trinajstić information content (AvgIpc) is 2.57. The molecule has 0 spiro atoms. The molecule has 1 fully saturated rings. The Balaban J connectivity index is 2.12. The number of carboxylic acids is 1. The third-order valence-electron chi connectivity index (χ3n) is 4.61. The Bertz CT molecular complexity index is 589. The third-order valence-corrected chi connectivity index (χ3v) is 4.61. The monoisotopic (exact) mass is 357 g/mol. The van der Waals surface area contributed by atoms with Gasteiger partial charge in [-0.25, -0.2) is 0 Å². The molecule has 1 aliphatic rings. The highest BCUT2D eigenvalue weighted by Gasteiger charge is 2.43. The number of carboxylic acid groups (broad SMARTS) is 1. The van der Waals surface area contributed by atoms with E-state index in [0.717, 1.165) is 12.8 Å². The van der Waals surface area contributed by atoms with E-state index in [1.54, 1.807) is 6.07 Å². The van der Waals surface area contributed by atoms with Crippen molar-refractivity contribution in [2.24, 2.45) is 0 Å². The van der Waals surface area contributed by atoms with Crippen LogP contribution in [0.15, 0.2) is 30.3 Å². The molecule has 1 aliphatic heterocycles. The maximum atomic E-state index is 13.4. The van der Waals surface area contributed by atoms with E-state index in [1.807, 2.05) is 0 Å². The maximum absolute atomic E-state index is 13.4. The van der Waals surface area contributed by atoms with Gasteiger partial charge in [0.05, 0.1) is 5.92 Å². The van der Waals surface area contributed by atoms with Crippen molar-refractivity contribution < 1.29 is 27.9 Å². The summed E-state index contributed by atoms with van der Waals surface area (Å²) in [6, 6.07) is 7.14. The molecule has 138 valence electrons. The predicted octanol–water partition coefficient (Wildman–Crippen LogP) is 3.97. The maximum Gasteiger partial charge on any atom is 0.396 e. The van der Waals surface area contributed by atoms with Crippen molar-refractivity contribution in [1.29, 1.82) is 0 Å². The first-order valence-electron chi connectivity index (χ1n) is 8.42. The lowest BCUT2D eigenvalue weighted by molar-refractivity contribution is -0.162. The molecule has 1 heterocycles. The molecule has 2 atom stereocenters. The number of carbonyl (C=O) groups is 2. The Morgan fingerprint density at radius 2 is 1.88 bits per heavy atom. The molecule has 1 aromatic carbocycles. The molecule has 1 amide bonds. The summed E-state index contributed by atoms with van der Waals surface area (Å²) in [5.41, 5.74) is 0.0717. The van der Waals surface area contributed by atoms with Crippen molar-refractivity contribution in [2.75, 3.05) is 6.54 Å². The van der Waals surface area contributed by atoms with Crippen molar-refractivity contribution in [1.82, 2.24) is 4.90 Å². The topological polar surface area (TPSA) is 57.6 Å². The number of alkyl halides is 3. The zero-order valence-corrected chi connectivity index (χ0v) is 13.8. The second kappa shape index (κ2) is 8.36. The third kappa shape index (κ3) is 5.47. The summed E-state index contributed by atoms with van der Waals surface area (Å²) >= 11 is 0. The van der Waals surface area contributed by atoms with E-state index < -0.39 is 30.4 Å². The summed E-state index contributed by atoms with van der Waals surface area (Å²) in [6.45, 7) is 0.391. The first-order valence-corrected chi connectivity index (χ1v) is 8.42. The van der Waals surface area contributed by atoms with E-state index in [2.05, 4.69) is 0 Å². The molecule has 0 aliphatic carbocycles. The van der Waals surface area contributed by atoms with Gasteiger partial charge in [0.15, 0.2) is 0 Å². The second-order valence-electron chi connectivity index (χ2n) is 6.38. The van der Waals surface area contributed by atoms with Gasteiger partial charge in [-0.3, -0.25) is 9.59 Å². The highest BCUT2D eigenvalue weighted by atomic mass is 19.4. The quantitative estimate of drug-likeness (QED) is 0.838. The van der Waals surface area contributed by atoms with Crippen LogP contribution in [-0.2, 0) is 9.59 Å². The summed E-state index contributed by atoms with van der Waals surface area (Å²) < 4.78 is 40.3. The number of hydrogen-bond acceptors (Lipinski definition) is 2. The van der Waals surface area contributed by atoms with Crippen molar-refractivity contribution in [3.63, 3.8) is 0 Å². The number of hydrogen-bond donors (Lipinski definition) is 1. The Morgan fingerprint density at radius 1 is 1.20 bits per heavy atom. The molecule has 7 heteroatoms. The lowest BCUT2D eigenvalue weighted by atomic mass is 9.92. The summed E-state index contributed by atoms with van der Waals surface area (Å²) in [6.07, 6.45) is -2.73. The van der Waals surface area contributed by atoms with Crippen molar-refractivity contribution >= 4 is 11.9 Å². The average molecular weight is 357 g/mol. The van der Waals surface area contributed by atoms with Crippen LogP contribution < -0.4 is 0 Å². The number of aliphatic carboxylic acids is 1. The molecule has 1 N–H and O–H groups in total. The minimum atomic E-state index is -4.51. The van der Waals surface area contributed by atoms with Crippen LogP contribution in [0.25, 0.3) is 0 Å². The molecular weight excluding hydrogens is 335 g/mol. The van der Waals surface area contributed by atoms with Gasteiger partial charge >= 0.3 is 12.1 Å². The predicted molar refractivity (Wildman–Crippen MR) is 86.1 cm³/mol. The zero-order valence-electron chi connectivity index (χ0n) is 13.8. The second-order valence-corrected chi connectivity index (χ2v) is 6.38. The van der Waals surface area contributed by atoms with Gasteiger partial charge in [-0.05, 0) is 31.2 Å². The minimum Gasteiger partial charge on any atom is -0.481 e. The fraction of sp³-hybridized carbons (Fsp3) is 0.556. The smallest absolute Gasteiger partial charge is 0.396 e. The van der Waals surface area contributed by atoms with Crippen molar-refractivity contribution in [3.05, 3.63) is 35.9 Å². The fourth-order valence-corrected chi connectivity index (χ4v) is 3.32. The van der Waals surface area contributed by atoms with Gasteiger partial charge in [-0.1, -0.05) is 30.3 Å². The molecule has 25 heavy (non-hydrogen) atoms. The lowest BCUT2D eigenvalue weighted by Crippen LogP contribution is -2.45. The number of nitrogens with zero attached hydrogens (tertiary/aromatic N) is 1. The fourth-order valence-electron chi connectivity index (χ4n) is 3.32. The zero-order chi connectivity index (χ0) is 18.4. The number of rotatable bonds is 6. The van der Waals surface area contributed by atoms with E-state index in [4.69, 9.17) is 5.11 Å². The van der Waals surface area contributed by atoms with Crippen LogP contribution in [0.4, 0.5) is 13.2 Å². The van der Waals surface area contributed by atoms with E-state index in [1.165, 1.54) is 29.2 Å². The van der Waals surface area contributed by atoms with E-state index in [-0.39, 0.29) is 24.4 Å². The van der Waals surface area contributed by atoms with Gasteiger partial charge in [0, 0.05) is 25.4 Å². The summed E-state index contributed by atoms with van der Waals surface area (Å²) in [4.78, 5) is 24.8. The SMILES string of the molecule is O=C(O)CCC1CCCCN1C(=O)CC(c1ccccc1)C(F)(F)F. The Hall–Kier alpha value is -2.05. The van der Waals surface area contributed by atoms with E-state index >= 15 is 0 Å². The Morgan fingerprint density at radius 3 is 2.48 bits per heavy atom. The number of carbonyl (C=O) groups excluding carboxylic acids is 1. The van der Waals surface area contributed by atoms with Crippen LogP contribution >= 0.6 is 0 Å². The number of benzene rings is 1. The molecule has 2 rings (SSSR count). The van der Waals surface area contributed by atoms with Gasteiger partial charge in [0.2, 0.25) is 5.91 Å². The first-order chi connectivity index (χ1) is 11.8. The normalized spacial score (nSPS) is 19.5. The van der Waals surface area contributed by atoms with Gasteiger partial charge < -0.3 is 10.0 Å². The molecule has 0 bridgehead atoms. The van der Waals surface area contributed by atoms with Crippen LogP contribution in [0.5, 0.6) is 0 Å². The lowest BCUT2D eigenvalue weighted by Gasteiger charge is -2.36. The molecule has 4 nitrogen and oxygen atoms in total. The van der Waals surface area contributed by atoms with E-state index in [9.17, 15) is 22.8 Å².